The Morgan fingerprint density at radius 1 is 0.410 bits per heavy atom. The highest BCUT2D eigenvalue weighted by molar-refractivity contribution is 6.26. The Hall–Kier alpha value is -7.95. The normalized spacial score (nSPS) is 13.9. The SMILES string of the molecule is C1=CC(c2ccc(-n3c4ccccc4c4c3ccc3c5c(nc(-c6ccccc6)n5-c5ccccc5)n(-c5ccccc5)c34)cc2)Cc2c1c1ccccc1c1ccccc21. The smallest absolute Gasteiger partial charge is 0.165 e. The first-order valence-electron chi connectivity index (χ1n) is 21.2. The molecular weight excluding hydrogens is 741 g/mol. The topological polar surface area (TPSA) is 27.7 Å². The predicted molar refractivity (Wildman–Crippen MR) is 255 cm³/mol. The highest BCUT2D eigenvalue weighted by atomic mass is 15.2. The molecule has 0 saturated carbocycles. The van der Waals surface area contributed by atoms with E-state index in [4.69, 9.17) is 4.98 Å². The molecule has 61 heavy (non-hydrogen) atoms. The van der Waals surface area contributed by atoms with Gasteiger partial charge < -0.3 is 4.57 Å². The minimum Gasteiger partial charge on any atom is -0.309 e. The molecule has 0 amide bonds. The lowest BCUT2D eigenvalue weighted by Crippen LogP contribution is -2.07. The molecular formula is C57H38N4. The third kappa shape index (κ3) is 5.03. The van der Waals surface area contributed by atoms with Crippen molar-refractivity contribution in [1.82, 2.24) is 18.7 Å². The molecule has 0 aliphatic heterocycles. The quantitative estimate of drug-likeness (QED) is 0.160. The Kier molecular flexibility index (Phi) is 7.40. The molecule has 13 rings (SSSR count). The molecule has 0 radical (unpaired) electrons. The van der Waals surface area contributed by atoms with Crippen LogP contribution in [0.5, 0.6) is 0 Å². The zero-order valence-corrected chi connectivity index (χ0v) is 33.3. The van der Waals surface area contributed by atoms with Gasteiger partial charge in [-0.3, -0.25) is 9.13 Å². The van der Waals surface area contributed by atoms with Gasteiger partial charge >= 0.3 is 0 Å². The fraction of sp³-hybridized carbons (Fsp3) is 0.0351. The second-order valence-electron chi connectivity index (χ2n) is 16.3. The van der Waals surface area contributed by atoms with Crippen LogP contribution in [0.3, 0.4) is 0 Å². The molecule has 4 nitrogen and oxygen atoms in total. The van der Waals surface area contributed by atoms with Crippen LogP contribution in [0.4, 0.5) is 0 Å². The number of benzene rings is 9. The van der Waals surface area contributed by atoms with Crippen molar-refractivity contribution in [2.24, 2.45) is 0 Å². The average molecular weight is 779 g/mol. The van der Waals surface area contributed by atoms with Crippen LogP contribution >= 0.6 is 0 Å². The van der Waals surface area contributed by atoms with E-state index >= 15 is 0 Å². The number of allylic oxidation sites excluding steroid dienone is 1. The van der Waals surface area contributed by atoms with Crippen LogP contribution in [0.2, 0.25) is 0 Å². The molecule has 0 N–H and O–H groups in total. The zero-order valence-electron chi connectivity index (χ0n) is 33.3. The van der Waals surface area contributed by atoms with E-state index in [-0.39, 0.29) is 5.92 Å². The van der Waals surface area contributed by atoms with Gasteiger partial charge in [0, 0.05) is 44.7 Å². The average Bonchev–Trinajstić information content (AvgIpc) is 3.99. The van der Waals surface area contributed by atoms with Crippen molar-refractivity contribution in [2.75, 3.05) is 0 Å². The maximum atomic E-state index is 5.54. The van der Waals surface area contributed by atoms with Gasteiger partial charge in [0.15, 0.2) is 5.65 Å². The highest BCUT2D eigenvalue weighted by Crippen LogP contribution is 2.45. The molecule has 1 aliphatic carbocycles. The summed E-state index contributed by atoms with van der Waals surface area (Å²) in [7, 11) is 0. The summed E-state index contributed by atoms with van der Waals surface area (Å²) in [5.41, 5.74) is 14.0. The molecule has 1 unspecified atom stereocenters. The van der Waals surface area contributed by atoms with Crippen LogP contribution in [-0.4, -0.2) is 18.7 Å². The number of rotatable bonds is 5. The van der Waals surface area contributed by atoms with Crippen molar-refractivity contribution in [2.45, 2.75) is 12.3 Å². The van der Waals surface area contributed by atoms with E-state index < -0.39 is 0 Å². The third-order valence-corrected chi connectivity index (χ3v) is 13.0. The maximum Gasteiger partial charge on any atom is 0.165 e. The van der Waals surface area contributed by atoms with Crippen LogP contribution < -0.4 is 0 Å². The second-order valence-corrected chi connectivity index (χ2v) is 16.3. The van der Waals surface area contributed by atoms with Gasteiger partial charge in [0.05, 0.1) is 16.6 Å². The minimum atomic E-state index is 0.286. The van der Waals surface area contributed by atoms with Gasteiger partial charge in [0.25, 0.3) is 0 Å². The lowest BCUT2D eigenvalue weighted by atomic mass is 9.80. The number of aromatic nitrogens is 4. The van der Waals surface area contributed by atoms with E-state index in [1.807, 2.05) is 0 Å². The maximum absolute atomic E-state index is 5.54. The Morgan fingerprint density at radius 2 is 0.984 bits per heavy atom. The van der Waals surface area contributed by atoms with Gasteiger partial charge in [-0.05, 0) is 99.3 Å². The fourth-order valence-electron chi connectivity index (χ4n) is 10.3. The molecule has 3 heterocycles. The van der Waals surface area contributed by atoms with Crippen LogP contribution in [-0.2, 0) is 6.42 Å². The van der Waals surface area contributed by atoms with Crippen LogP contribution in [0.15, 0.2) is 206 Å². The summed E-state index contributed by atoms with van der Waals surface area (Å²) in [5.74, 6) is 1.21. The lowest BCUT2D eigenvalue weighted by molar-refractivity contribution is 0.834. The van der Waals surface area contributed by atoms with Crippen molar-refractivity contribution in [3.8, 4) is 28.5 Å². The minimum absolute atomic E-state index is 0.286. The van der Waals surface area contributed by atoms with Crippen LogP contribution in [0.1, 0.15) is 22.6 Å². The van der Waals surface area contributed by atoms with Gasteiger partial charge in [-0.25, -0.2) is 4.98 Å². The van der Waals surface area contributed by atoms with E-state index in [0.29, 0.717) is 0 Å². The van der Waals surface area contributed by atoms with Crippen molar-refractivity contribution in [3.05, 3.63) is 223 Å². The van der Waals surface area contributed by atoms with Gasteiger partial charge in [-0.15, -0.1) is 0 Å². The molecule has 1 atom stereocenters. The summed E-state index contributed by atoms with van der Waals surface area (Å²) >= 11 is 0. The largest absolute Gasteiger partial charge is 0.309 e. The fourth-order valence-corrected chi connectivity index (χ4v) is 10.3. The van der Waals surface area contributed by atoms with Crippen LogP contribution in [0.25, 0.3) is 99.9 Å². The van der Waals surface area contributed by atoms with Crippen molar-refractivity contribution in [3.63, 3.8) is 0 Å². The van der Waals surface area contributed by atoms with Crippen molar-refractivity contribution in [1.29, 1.82) is 0 Å². The van der Waals surface area contributed by atoms with Crippen molar-refractivity contribution >= 4 is 71.5 Å². The molecule has 12 aromatic rings. The number of hydrogen-bond donors (Lipinski definition) is 0. The highest BCUT2D eigenvalue weighted by Gasteiger charge is 2.27. The van der Waals surface area contributed by atoms with E-state index in [0.717, 1.165) is 62.5 Å². The molecule has 9 aromatic carbocycles. The number of hydrogen-bond acceptors (Lipinski definition) is 1. The molecule has 4 heteroatoms. The summed E-state index contributed by atoms with van der Waals surface area (Å²) in [5, 5.41) is 8.94. The summed E-state index contributed by atoms with van der Waals surface area (Å²) in [6, 6.07) is 72.5. The standard InChI is InChI=1S/C57H38N4/c1-4-16-38(17-5-1)56-58-57-55(61(56)41-20-8-3-9-21-41)49-34-35-52-53(54(49)60(57)40-18-6-2-7-19-40)48-26-14-15-27-51(48)59(52)42-31-28-37(29-32-42)39-30-33-47-45-24-11-10-22-43(45)44-23-12-13-25-46(44)50(47)36-39/h1-35,39H,36H2. The van der Waals surface area contributed by atoms with Gasteiger partial charge in [0.2, 0.25) is 0 Å². The molecule has 0 saturated heterocycles. The van der Waals surface area contributed by atoms with Crippen LogP contribution in [0, 0.1) is 0 Å². The summed E-state index contributed by atoms with van der Waals surface area (Å²) < 4.78 is 7.18. The van der Waals surface area contributed by atoms with Gasteiger partial charge in [-0.1, -0.05) is 158 Å². The van der Waals surface area contributed by atoms with E-state index in [9.17, 15) is 0 Å². The van der Waals surface area contributed by atoms with Crippen molar-refractivity contribution < 1.29 is 0 Å². The monoisotopic (exact) mass is 778 g/mol. The number of imidazole rings is 1. The van der Waals surface area contributed by atoms with E-state index in [1.165, 1.54) is 54.5 Å². The van der Waals surface area contributed by atoms with E-state index in [1.54, 1.807) is 0 Å². The summed E-state index contributed by atoms with van der Waals surface area (Å²) in [6.07, 6.45) is 5.76. The van der Waals surface area contributed by atoms with Gasteiger partial charge in [0.1, 0.15) is 11.3 Å². The zero-order chi connectivity index (χ0) is 40.0. The molecule has 1 aliphatic rings. The van der Waals surface area contributed by atoms with E-state index in [2.05, 4.69) is 226 Å². The number of fused-ring (bicyclic) bond motifs is 13. The second kappa shape index (κ2) is 13.3. The Morgan fingerprint density at radius 3 is 1.70 bits per heavy atom. The van der Waals surface area contributed by atoms with Gasteiger partial charge in [-0.2, -0.15) is 0 Å². The molecule has 3 aromatic heterocycles. The molecule has 286 valence electrons. The number of para-hydroxylation sites is 3. The number of nitrogens with zero attached hydrogens (tertiary/aromatic N) is 4. The molecule has 0 bridgehead atoms. The lowest BCUT2D eigenvalue weighted by Gasteiger charge is -2.24. The Bertz CT molecular complexity index is 3700. The summed E-state index contributed by atoms with van der Waals surface area (Å²) in [4.78, 5) is 5.54. The molecule has 0 fully saturated rings. The first kappa shape index (κ1) is 34.0. The summed E-state index contributed by atoms with van der Waals surface area (Å²) in [6.45, 7) is 0. The first-order valence-corrected chi connectivity index (χ1v) is 21.2. The third-order valence-electron chi connectivity index (χ3n) is 13.0. The Labute approximate surface area is 352 Å². The Balaban J connectivity index is 1.01. The predicted octanol–water partition coefficient (Wildman–Crippen LogP) is 14.4. The molecule has 0 spiro atoms. The first-order chi connectivity index (χ1) is 30.3.